The number of nitrogens with zero attached hydrogens (tertiary/aromatic N) is 1. The number of hydrogen-bond donors (Lipinski definition) is 2. The first-order chi connectivity index (χ1) is 9.79. The highest BCUT2D eigenvalue weighted by Gasteiger charge is 2.34. The summed E-state index contributed by atoms with van der Waals surface area (Å²) in [6.07, 6.45) is 1.17. The normalized spacial score (nSPS) is 20.0. The summed E-state index contributed by atoms with van der Waals surface area (Å²) < 4.78 is 0. The minimum atomic E-state index is -0.980. The van der Waals surface area contributed by atoms with E-state index in [4.69, 9.17) is 0 Å². The number of carboxylic acids is 1. The average Bonchev–Trinajstić information content (AvgIpc) is 3.08. The Morgan fingerprint density at radius 3 is 2.52 bits per heavy atom. The molecular weight excluding hydrogens is 268 g/mol. The molecule has 0 spiro atoms. The number of anilines is 1. The number of rotatable bonds is 4. The van der Waals surface area contributed by atoms with Crippen LogP contribution in [0.4, 0.5) is 10.5 Å². The number of carbonyl (C=O) groups is 2. The van der Waals surface area contributed by atoms with Crippen LogP contribution in [0, 0.1) is 25.7 Å². The highest BCUT2D eigenvalue weighted by atomic mass is 16.4. The smallest absolute Gasteiger partial charge is 0.336 e. The lowest BCUT2D eigenvalue weighted by Crippen LogP contribution is -2.33. The summed E-state index contributed by atoms with van der Waals surface area (Å²) in [5.74, 6) is 0.308. The minimum absolute atomic E-state index is 0.200. The van der Waals surface area contributed by atoms with E-state index in [9.17, 15) is 14.7 Å². The molecule has 0 aromatic heterocycles. The summed E-state index contributed by atoms with van der Waals surface area (Å²) in [6, 6.07) is 3.11. The lowest BCUT2D eigenvalue weighted by molar-refractivity contribution is 0.0696. The van der Waals surface area contributed by atoms with Crippen molar-refractivity contribution in [2.45, 2.75) is 27.2 Å². The van der Waals surface area contributed by atoms with Crippen molar-refractivity contribution in [3.8, 4) is 0 Å². The predicted octanol–water partition coefficient (Wildman–Crippen LogP) is 3.12. The van der Waals surface area contributed by atoms with Crippen molar-refractivity contribution in [1.82, 2.24) is 4.90 Å². The maximum Gasteiger partial charge on any atom is 0.336 e. The molecule has 114 valence electrons. The summed E-state index contributed by atoms with van der Waals surface area (Å²) >= 11 is 0. The van der Waals surface area contributed by atoms with E-state index in [1.165, 1.54) is 12.5 Å². The van der Waals surface area contributed by atoms with Gasteiger partial charge in [0.25, 0.3) is 0 Å². The molecule has 2 rings (SSSR count). The molecule has 0 bridgehead atoms. The number of hydrogen-bond acceptors (Lipinski definition) is 2. The van der Waals surface area contributed by atoms with Crippen LogP contribution in [0.3, 0.4) is 0 Å². The van der Waals surface area contributed by atoms with Gasteiger partial charge in [-0.15, -0.1) is 0 Å². The van der Waals surface area contributed by atoms with E-state index in [1.807, 2.05) is 6.92 Å². The average molecular weight is 290 g/mol. The van der Waals surface area contributed by atoms with E-state index in [-0.39, 0.29) is 11.6 Å². The maximum absolute atomic E-state index is 12.1. The van der Waals surface area contributed by atoms with Crippen LogP contribution in [0.5, 0.6) is 0 Å². The van der Waals surface area contributed by atoms with E-state index in [0.717, 1.165) is 17.7 Å². The fourth-order valence-corrected chi connectivity index (χ4v) is 2.46. The number of amides is 2. The van der Waals surface area contributed by atoms with Crippen LogP contribution < -0.4 is 5.32 Å². The van der Waals surface area contributed by atoms with E-state index in [1.54, 1.807) is 24.9 Å². The van der Waals surface area contributed by atoms with Crippen LogP contribution in [0.15, 0.2) is 12.1 Å². The monoisotopic (exact) mass is 290 g/mol. The Hall–Kier alpha value is -2.04. The molecule has 1 fully saturated rings. The lowest BCUT2D eigenvalue weighted by atomic mass is 10.0. The SMILES string of the molecule is Cc1cc(NC(=O)N(C)CC2CC2C)cc(C(=O)O)c1C. The van der Waals surface area contributed by atoms with Crippen molar-refractivity contribution in [1.29, 1.82) is 0 Å². The van der Waals surface area contributed by atoms with Gasteiger partial charge in [0, 0.05) is 19.3 Å². The molecule has 2 unspecified atom stereocenters. The van der Waals surface area contributed by atoms with Crippen molar-refractivity contribution < 1.29 is 14.7 Å². The van der Waals surface area contributed by atoms with Crippen LogP contribution in [0.1, 0.15) is 34.8 Å². The number of aromatic carboxylic acids is 1. The molecule has 0 aliphatic heterocycles. The fraction of sp³-hybridized carbons (Fsp3) is 0.500. The predicted molar refractivity (Wildman–Crippen MR) is 81.8 cm³/mol. The van der Waals surface area contributed by atoms with Crippen LogP contribution >= 0.6 is 0 Å². The topological polar surface area (TPSA) is 69.6 Å². The molecular formula is C16H22N2O3. The van der Waals surface area contributed by atoms with E-state index in [0.29, 0.717) is 17.5 Å². The fourth-order valence-electron chi connectivity index (χ4n) is 2.46. The number of carbonyl (C=O) groups excluding carboxylic acids is 1. The third-order valence-corrected chi connectivity index (χ3v) is 4.28. The molecule has 21 heavy (non-hydrogen) atoms. The number of nitrogens with one attached hydrogen (secondary N) is 1. The van der Waals surface area contributed by atoms with Crippen LogP contribution in [-0.4, -0.2) is 35.6 Å². The number of benzene rings is 1. The Labute approximate surface area is 125 Å². The zero-order chi connectivity index (χ0) is 15.7. The second-order valence-corrected chi connectivity index (χ2v) is 6.05. The minimum Gasteiger partial charge on any atom is -0.478 e. The van der Waals surface area contributed by atoms with Gasteiger partial charge in [0.05, 0.1) is 5.56 Å². The number of carboxylic acid groups (broad SMARTS) is 1. The van der Waals surface area contributed by atoms with E-state index < -0.39 is 5.97 Å². The van der Waals surface area contributed by atoms with Crippen molar-refractivity contribution in [2.75, 3.05) is 18.9 Å². The Morgan fingerprint density at radius 2 is 2.00 bits per heavy atom. The van der Waals surface area contributed by atoms with Crippen molar-refractivity contribution in [3.63, 3.8) is 0 Å². The third kappa shape index (κ3) is 3.54. The molecule has 5 heteroatoms. The second kappa shape index (κ2) is 5.76. The largest absolute Gasteiger partial charge is 0.478 e. The standard InChI is InChI=1S/C16H22N2O3/c1-9-6-13(7-14(11(9)3)15(19)20)17-16(21)18(4)8-12-5-10(12)2/h6-7,10,12H,5,8H2,1-4H3,(H,17,21)(H,19,20). The van der Waals surface area contributed by atoms with Gasteiger partial charge in [0.15, 0.2) is 0 Å². The Bertz CT molecular complexity index is 583. The molecule has 1 aliphatic rings. The molecule has 1 aliphatic carbocycles. The highest BCUT2D eigenvalue weighted by molar-refractivity contribution is 5.94. The van der Waals surface area contributed by atoms with Crippen LogP contribution in [0.25, 0.3) is 0 Å². The molecule has 2 atom stereocenters. The molecule has 1 saturated carbocycles. The molecule has 1 aromatic rings. The zero-order valence-corrected chi connectivity index (χ0v) is 12.9. The number of aryl methyl sites for hydroxylation is 1. The van der Waals surface area contributed by atoms with Crippen molar-refractivity contribution >= 4 is 17.7 Å². The molecule has 2 amide bonds. The molecule has 2 N–H and O–H groups in total. The van der Waals surface area contributed by atoms with Crippen molar-refractivity contribution in [3.05, 3.63) is 28.8 Å². The van der Waals surface area contributed by atoms with Gasteiger partial charge in [-0.2, -0.15) is 0 Å². The Balaban J connectivity index is 2.08. The van der Waals surface area contributed by atoms with Gasteiger partial charge in [-0.25, -0.2) is 9.59 Å². The van der Waals surface area contributed by atoms with Gasteiger partial charge >= 0.3 is 12.0 Å². The molecule has 0 saturated heterocycles. The van der Waals surface area contributed by atoms with Gasteiger partial charge in [0.1, 0.15) is 0 Å². The first kappa shape index (κ1) is 15.4. The summed E-state index contributed by atoms with van der Waals surface area (Å²) in [5.41, 5.74) is 2.32. The molecule has 1 aromatic carbocycles. The molecule has 0 radical (unpaired) electrons. The molecule has 5 nitrogen and oxygen atoms in total. The van der Waals surface area contributed by atoms with Gasteiger partial charge in [-0.3, -0.25) is 0 Å². The number of urea groups is 1. The summed E-state index contributed by atoms with van der Waals surface area (Å²) in [5, 5.41) is 12.0. The van der Waals surface area contributed by atoms with E-state index >= 15 is 0 Å². The van der Waals surface area contributed by atoms with Gasteiger partial charge in [0.2, 0.25) is 0 Å². The first-order valence-corrected chi connectivity index (χ1v) is 7.16. The molecule has 0 heterocycles. The first-order valence-electron chi connectivity index (χ1n) is 7.16. The lowest BCUT2D eigenvalue weighted by Gasteiger charge is -2.18. The summed E-state index contributed by atoms with van der Waals surface area (Å²) in [4.78, 5) is 25.0. The van der Waals surface area contributed by atoms with E-state index in [2.05, 4.69) is 12.2 Å². The second-order valence-electron chi connectivity index (χ2n) is 6.05. The third-order valence-electron chi connectivity index (χ3n) is 4.28. The quantitative estimate of drug-likeness (QED) is 0.895. The van der Waals surface area contributed by atoms with Crippen LogP contribution in [0.2, 0.25) is 0 Å². The Kier molecular flexibility index (Phi) is 4.21. The van der Waals surface area contributed by atoms with Crippen LogP contribution in [-0.2, 0) is 0 Å². The summed E-state index contributed by atoms with van der Waals surface area (Å²) in [6.45, 7) is 6.53. The summed E-state index contributed by atoms with van der Waals surface area (Å²) in [7, 11) is 1.76. The highest BCUT2D eigenvalue weighted by Crippen LogP contribution is 2.38. The maximum atomic E-state index is 12.1. The van der Waals surface area contributed by atoms with Gasteiger partial charge in [-0.1, -0.05) is 6.92 Å². The van der Waals surface area contributed by atoms with Gasteiger partial charge in [-0.05, 0) is 55.4 Å². The van der Waals surface area contributed by atoms with Gasteiger partial charge < -0.3 is 15.3 Å². The zero-order valence-electron chi connectivity index (χ0n) is 12.9. The Morgan fingerprint density at radius 1 is 1.38 bits per heavy atom. The van der Waals surface area contributed by atoms with Crippen molar-refractivity contribution in [2.24, 2.45) is 11.8 Å².